The van der Waals surface area contributed by atoms with E-state index < -0.39 is 0 Å². The molecule has 0 aromatic heterocycles. The fraction of sp³-hybridized carbons (Fsp3) is 0.636. The Bertz CT molecular complexity index is 652. The third kappa shape index (κ3) is 6.73. The Morgan fingerprint density at radius 2 is 1.96 bits per heavy atom. The number of nitrogens with zero attached hydrogens (tertiary/aromatic N) is 2. The van der Waals surface area contributed by atoms with Crippen molar-refractivity contribution in [3.05, 3.63) is 29.8 Å². The Hall–Kier alpha value is -2.24. The number of nitrogens with one attached hydrogen (secondary N) is 2. The molecule has 1 aliphatic carbocycles. The first-order valence-electron chi connectivity index (χ1n) is 10.4. The minimum absolute atomic E-state index is 0.0447. The molecule has 0 unspecified atom stereocenters. The van der Waals surface area contributed by atoms with Crippen LogP contribution in [0.15, 0.2) is 29.3 Å². The van der Waals surface area contributed by atoms with Gasteiger partial charge in [0.1, 0.15) is 5.75 Å². The van der Waals surface area contributed by atoms with Crippen LogP contribution in [0.4, 0.5) is 0 Å². The molecule has 2 rings (SSSR count). The molecule has 28 heavy (non-hydrogen) atoms. The van der Waals surface area contributed by atoms with E-state index >= 15 is 0 Å². The lowest BCUT2D eigenvalue weighted by Crippen LogP contribution is -2.42. The second kappa shape index (κ2) is 10.9. The van der Waals surface area contributed by atoms with Crippen LogP contribution in [-0.4, -0.2) is 50.6 Å². The molecule has 1 aromatic rings. The van der Waals surface area contributed by atoms with Crippen molar-refractivity contribution in [3.8, 4) is 5.75 Å². The predicted octanol–water partition coefficient (Wildman–Crippen LogP) is 3.18. The number of guanidine groups is 1. The quantitative estimate of drug-likeness (QED) is 0.504. The van der Waals surface area contributed by atoms with Crippen molar-refractivity contribution in [2.45, 2.75) is 52.5 Å². The number of carbonyl (C=O) groups is 1. The molecule has 0 bridgehead atoms. The average molecular weight is 389 g/mol. The summed E-state index contributed by atoms with van der Waals surface area (Å²) in [5.74, 6) is 1.49. The number of benzene rings is 1. The number of likely N-dealkylation sites (N-methyl/N-ethyl adjacent to an activating group) is 1. The molecule has 1 aromatic carbocycles. The van der Waals surface area contributed by atoms with Gasteiger partial charge in [-0.2, -0.15) is 0 Å². The average Bonchev–Trinajstić information content (AvgIpc) is 3.18. The summed E-state index contributed by atoms with van der Waals surface area (Å²) in [5.41, 5.74) is 1.47. The number of hydrogen-bond donors (Lipinski definition) is 2. The predicted molar refractivity (Wildman–Crippen MR) is 115 cm³/mol. The Morgan fingerprint density at radius 1 is 1.21 bits per heavy atom. The molecular weight excluding hydrogens is 352 g/mol. The number of carbonyl (C=O) groups excluding carboxylic acids is 1. The summed E-state index contributed by atoms with van der Waals surface area (Å²) in [7, 11) is 3.45. The van der Waals surface area contributed by atoms with Gasteiger partial charge < -0.3 is 20.3 Å². The molecule has 1 fully saturated rings. The van der Waals surface area contributed by atoms with E-state index in [2.05, 4.69) is 24.5 Å². The first-order valence-corrected chi connectivity index (χ1v) is 10.4. The summed E-state index contributed by atoms with van der Waals surface area (Å²) in [6.07, 6.45) is 6.50. The van der Waals surface area contributed by atoms with Crippen LogP contribution in [0.25, 0.3) is 0 Å². The number of aliphatic imine (C=N–C) groups is 1. The largest absolute Gasteiger partial charge is 0.484 e. The Kier molecular flexibility index (Phi) is 8.61. The summed E-state index contributed by atoms with van der Waals surface area (Å²) >= 11 is 0. The molecule has 0 heterocycles. The zero-order valence-corrected chi connectivity index (χ0v) is 17.9. The van der Waals surface area contributed by atoms with E-state index in [1.54, 1.807) is 14.1 Å². The van der Waals surface area contributed by atoms with Crippen molar-refractivity contribution in [2.75, 3.05) is 33.8 Å². The van der Waals surface area contributed by atoms with Gasteiger partial charge in [-0.15, -0.1) is 0 Å². The zero-order chi connectivity index (χ0) is 20.4. The third-order valence-electron chi connectivity index (χ3n) is 5.57. The number of rotatable bonds is 9. The van der Waals surface area contributed by atoms with Gasteiger partial charge in [-0.3, -0.25) is 4.79 Å². The van der Waals surface area contributed by atoms with Gasteiger partial charge in [0.25, 0.3) is 5.91 Å². The van der Waals surface area contributed by atoms with E-state index in [1.807, 2.05) is 24.3 Å². The van der Waals surface area contributed by atoms with E-state index in [1.165, 1.54) is 37.0 Å². The molecule has 1 amide bonds. The molecule has 6 nitrogen and oxygen atoms in total. The maximum atomic E-state index is 11.7. The topological polar surface area (TPSA) is 66.0 Å². The second-order valence-electron chi connectivity index (χ2n) is 7.83. The van der Waals surface area contributed by atoms with Crippen molar-refractivity contribution in [2.24, 2.45) is 10.4 Å². The Morgan fingerprint density at radius 3 is 2.61 bits per heavy atom. The summed E-state index contributed by atoms with van der Waals surface area (Å²) in [4.78, 5) is 17.9. The lowest BCUT2D eigenvalue weighted by Gasteiger charge is -2.28. The van der Waals surface area contributed by atoms with E-state index in [9.17, 15) is 4.79 Å². The number of hydrogen-bond acceptors (Lipinski definition) is 3. The van der Waals surface area contributed by atoms with Gasteiger partial charge in [0, 0.05) is 27.2 Å². The van der Waals surface area contributed by atoms with Crippen molar-refractivity contribution < 1.29 is 9.53 Å². The highest BCUT2D eigenvalue weighted by molar-refractivity contribution is 5.79. The highest BCUT2D eigenvalue weighted by Crippen LogP contribution is 2.40. The van der Waals surface area contributed by atoms with Crippen LogP contribution in [0.3, 0.4) is 0 Å². The van der Waals surface area contributed by atoms with E-state index in [4.69, 9.17) is 9.73 Å². The molecule has 0 aliphatic heterocycles. The van der Waals surface area contributed by atoms with Gasteiger partial charge in [0.05, 0.1) is 6.54 Å². The van der Waals surface area contributed by atoms with Crippen LogP contribution < -0.4 is 15.4 Å². The molecule has 1 saturated carbocycles. The molecule has 156 valence electrons. The van der Waals surface area contributed by atoms with Gasteiger partial charge >= 0.3 is 0 Å². The van der Waals surface area contributed by atoms with E-state index in [-0.39, 0.29) is 12.5 Å². The van der Waals surface area contributed by atoms with Crippen molar-refractivity contribution in [1.29, 1.82) is 0 Å². The van der Waals surface area contributed by atoms with Crippen LogP contribution in [0.1, 0.15) is 51.5 Å². The highest BCUT2D eigenvalue weighted by atomic mass is 16.5. The van der Waals surface area contributed by atoms with Crippen LogP contribution in [0.2, 0.25) is 0 Å². The molecule has 1 aliphatic rings. The Balaban J connectivity index is 1.94. The van der Waals surface area contributed by atoms with Gasteiger partial charge in [-0.05, 0) is 49.3 Å². The van der Waals surface area contributed by atoms with Gasteiger partial charge in [0.15, 0.2) is 12.6 Å². The fourth-order valence-corrected chi connectivity index (χ4v) is 3.57. The number of ether oxygens (including phenoxy) is 1. The summed E-state index contributed by atoms with van der Waals surface area (Å²) in [5, 5.41) is 6.89. The Labute approximate surface area is 169 Å². The monoisotopic (exact) mass is 388 g/mol. The van der Waals surface area contributed by atoms with E-state index in [0.717, 1.165) is 24.6 Å². The maximum absolute atomic E-state index is 11.7. The van der Waals surface area contributed by atoms with Gasteiger partial charge in [0.2, 0.25) is 0 Å². The molecule has 0 atom stereocenters. The zero-order valence-electron chi connectivity index (χ0n) is 17.9. The molecule has 0 saturated heterocycles. The molecular formula is C22H36N4O2. The fourth-order valence-electron chi connectivity index (χ4n) is 3.57. The normalized spacial score (nSPS) is 15.9. The summed E-state index contributed by atoms with van der Waals surface area (Å²) in [6.45, 7) is 6.80. The number of amides is 1. The van der Waals surface area contributed by atoms with Crippen molar-refractivity contribution in [3.63, 3.8) is 0 Å². The lowest BCUT2D eigenvalue weighted by atomic mass is 9.83. The van der Waals surface area contributed by atoms with Crippen molar-refractivity contribution >= 4 is 11.9 Å². The third-order valence-corrected chi connectivity index (χ3v) is 5.57. The lowest BCUT2D eigenvalue weighted by molar-refractivity contribution is -0.130. The minimum Gasteiger partial charge on any atom is -0.484 e. The van der Waals surface area contributed by atoms with Crippen molar-refractivity contribution in [1.82, 2.24) is 15.5 Å². The smallest absolute Gasteiger partial charge is 0.259 e. The first kappa shape index (κ1) is 22.1. The molecule has 6 heteroatoms. The van der Waals surface area contributed by atoms with Gasteiger partial charge in [-0.25, -0.2) is 4.99 Å². The molecule has 0 spiro atoms. The van der Waals surface area contributed by atoms with Gasteiger partial charge in [-0.1, -0.05) is 31.9 Å². The van der Waals surface area contributed by atoms with Crippen LogP contribution >= 0.6 is 0 Å². The molecule has 2 N–H and O–H groups in total. The maximum Gasteiger partial charge on any atom is 0.259 e. The highest BCUT2D eigenvalue weighted by Gasteiger charge is 2.31. The SMILES string of the molecule is CCNC(=NCc1cccc(OCC(=O)N(C)C)c1)NCC1(CC)CCCC1. The second-order valence-corrected chi connectivity index (χ2v) is 7.83. The van der Waals surface area contributed by atoms with E-state index in [0.29, 0.717) is 17.7 Å². The van der Waals surface area contributed by atoms with Crippen LogP contribution in [0.5, 0.6) is 5.75 Å². The van der Waals surface area contributed by atoms with Crippen LogP contribution in [0, 0.1) is 5.41 Å². The summed E-state index contributed by atoms with van der Waals surface area (Å²) < 4.78 is 5.60. The molecule has 0 radical (unpaired) electrons. The summed E-state index contributed by atoms with van der Waals surface area (Å²) in [6, 6.07) is 7.77. The minimum atomic E-state index is -0.0566. The van der Waals surface area contributed by atoms with Crippen LogP contribution in [-0.2, 0) is 11.3 Å². The standard InChI is InChI=1S/C22H36N4O2/c1-5-22(12-7-8-13-22)17-25-21(23-6-2)24-15-18-10-9-11-19(14-18)28-16-20(27)26(3)4/h9-11,14H,5-8,12-13,15-17H2,1-4H3,(H2,23,24,25). The first-order chi connectivity index (χ1) is 13.5.